The highest BCUT2D eigenvalue weighted by Crippen LogP contribution is 2.35. The minimum Gasteiger partial charge on any atom is -0.363 e. The minimum absolute atomic E-state index is 0.0576. The van der Waals surface area contributed by atoms with E-state index in [0.29, 0.717) is 17.1 Å². The minimum atomic E-state index is -4.73. The molecule has 0 spiro atoms. The molecule has 0 fully saturated rings. The number of hydrogen-bond donors (Lipinski definition) is 1. The Kier molecular flexibility index (Phi) is 5.30. The van der Waals surface area contributed by atoms with E-state index < -0.39 is 28.4 Å². The number of nitro groups is 1. The summed E-state index contributed by atoms with van der Waals surface area (Å²) in [6.07, 6.45) is -3.52. The van der Waals surface area contributed by atoms with Gasteiger partial charge in [0.25, 0.3) is 11.2 Å². The maximum Gasteiger partial charge on any atom is 0.416 e. The summed E-state index contributed by atoms with van der Waals surface area (Å²) < 4.78 is 41.0. The van der Waals surface area contributed by atoms with Crippen molar-refractivity contribution in [2.24, 2.45) is 7.05 Å². The fourth-order valence-corrected chi connectivity index (χ4v) is 3.28. The number of pyridine rings is 1. The van der Waals surface area contributed by atoms with Gasteiger partial charge in [0.05, 0.1) is 26.4 Å². The second-order valence-electron chi connectivity index (χ2n) is 6.25. The summed E-state index contributed by atoms with van der Waals surface area (Å²) in [5, 5.41) is 14.5. The summed E-state index contributed by atoms with van der Waals surface area (Å²) in [6, 6.07) is 3.15. The number of non-ortho nitro benzene ring substituents is 1. The van der Waals surface area contributed by atoms with Crippen LogP contribution in [0.5, 0.6) is 0 Å². The first-order valence-electron chi connectivity index (χ1n) is 8.12. The van der Waals surface area contributed by atoms with Crippen LogP contribution in [-0.2, 0) is 13.2 Å². The molecule has 0 aliphatic carbocycles. The molecule has 2 heterocycles. The third kappa shape index (κ3) is 4.06. The van der Waals surface area contributed by atoms with Gasteiger partial charge in [-0.25, -0.2) is 9.97 Å². The van der Waals surface area contributed by atoms with E-state index in [1.807, 2.05) is 0 Å². The SMILES string of the molecule is C[C@@H](Nc1ncnc2c1cc(Br)c(=O)n2C)c1cc([N+](=O)[O-])cc(C(F)(F)F)c1. The van der Waals surface area contributed by atoms with Crippen molar-refractivity contribution in [1.29, 1.82) is 0 Å². The fourth-order valence-electron chi connectivity index (χ4n) is 2.79. The summed E-state index contributed by atoms with van der Waals surface area (Å²) in [6.45, 7) is 1.55. The van der Waals surface area contributed by atoms with E-state index in [4.69, 9.17) is 0 Å². The monoisotopic (exact) mass is 471 g/mol. The van der Waals surface area contributed by atoms with Gasteiger partial charge in [0.2, 0.25) is 0 Å². The van der Waals surface area contributed by atoms with Crippen LogP contribution in [-0.4, -0.2) is 19.5 Å². The van der Waals surface area contributed by atoms with Crippen LogP contribution in [0.15, 0.2) is 39.9 Å². The van der Waals surface area contributed by atoms with Crippen LogP contribution < -0.4 is 10.9 Å². The van der Waals surface area contributed by atoms with E-state index in [2.05, 4.69) is 31.2 Å². The van der Waals surface area contributed by atoms with Gasteiger partial charge in [0, 0.05) is 19.2 Å². The van der Waals surface area contributed by atoms with Crippen LogP contribution in [0.4, 0.5) is 24.7 Å². The Morgan fingerprint density at radius 1 is 1.24 bits per heavy atom. The molecule has 1 N–H and O–H groups in total. The smallest absolute Gasteiger partial charge is 0.363 e. The third-order valence-corrected chi connectivity index (χ3v) is 4.86. The number of rotatable bonds is 4. The van der Waals surface area contributed by atoms with Crippen LogP contribution in [0, 0.1) is 10.1 Å². The lowest BCUT2D eigenvalue weighted by Gasteiger charge is -2.18. The van der Waals surface area contributed by atoms with Crippen molar-refractivity contribution in [2.75, 3.05) is 5.32 Å². The Hall–Kier alpha value is -3.02. The van der Waals surface area contributed by atoms with E-state index >= 15 is 0 Å². The first-order valence-corrected chi connectivity index (χ1v) is 8.91. The quantitative estimate of drug-likeness (QED) is 0.451. The number of anilines is 1. The first-order chi connectivity index (χ1) is 13.5. The number of nitro benzene ring substituents is 1. The number of aryl methyl sites for hydroxylation is 1. The highest BCUT2D eigenvalue weighted by molar-refractivity contribution is 9.10. The van der Waals surface area contributed by atoms with Gasteiger partial charge in [0.15, 0.2) is 0 Å². The maximum atomic E-state index is 13.1. The highest BCUT2D eigenvalue weighted by atomic mass is 79.9. The lowest BCUT2D eigenvalue weighted by molar-refractivity contribution is -0.385. The van der Waals surface area contributed by atoms with Crippen molar-refractivity contribution in [3.8, 4) is 0 Å². The van der Waals surface area contributed by atoms with Crippen molar-refractivity contribution in [2.45, 2.75) is 19.1 Å². The van der Waals surface area contributed by atoms with Crippen LogP contribution in [0.1, 0.15) is 24.1 Å². The van der Waals surface area contributed by atoms with Crippen LogP contribution in [0.25, 0.3) is 11.0 Å². The average Bonchev–Trinajstić information content (AvgIpc) is 2.65. The molecule has 2 aromatic heterocycles. The van der Waals surface area contributed by atoms with Crippen LogP contribution in [0.2, 0.25) is 0 Å². The zero-order valence-corrected chi connectivity index (χ0v) is 16.6. The van der Waals surface area contributed by atoms with E-state index in [0.717, 1.165) is 12.1 Å². The molecule has 3 aromatic rings. The molecule has 29 heavy (non-hydrogen) atoms. The number of nitrogens with one attached hydrogen (secondary N) is 1. The lowest BCUT2D eigenvalue weighted by Crippen LogP contribution is -2.19. The number of alkyl halides is 3. The molecule has 152 valence electrons. The lowest BCUT2D eigenvalue weighted by atomic mass is 10.0. The molecule has 3 rings (SSSR count). The van der Waals surface area contributed by atoms with Gasteiger partial charge in [-0.15, -0.1) is 0 Å². The van der Waals surface area contributed by atoms with E-state index in [-0.39, 0.29) is 21.4 Å². The zero-order chi connectivity index (χ0) is 21.5. The molecule has 0 amide bonds. The topological polar surface area (TPSA) is 103 Å². The predicted octanol–water partition coefficient (Wildman–Crippen LogP) is 4.19. The molecule has 0 saturated heterocycles. The van der Waals surface area contributed by atoms with Crippen molar-refractivity contribution in [3.63, 3.8) is 0 Å². The van der Waals surface area contributed by atoms with E-state index in [1.54, 1.807) is 6.92 Å². The average molecular weight is 472 g/mol. The molecule has 12 heteroatoms. The Morgan fingerprint density at radius 2 is 1.93 bits per heavy atom. The second kappa shape index (κ2) is 7.43. The number of aromatic nitrogens is 3. The Bertz CT molecular complexity index is 1180. The second-order valence-corrected chi connectivity index (χ2v) is 7.10. The summed E-state index contributed by atoms with van der Waals surface area (Å²) in [4.78, 5) is 30.4. The van der Waals surface area contributed by atoms with Gasteiger partial charge in [-0.1, -0.05) is 0 Å². The predicted molar refractivity (Wildman–Crippen MR) is 103 cm³/mol. The first kappa shape index (κ1) is 20.7. The Labute approximate surface area is 169 Å². The molecule has 8 nitrogen and oxygen atoms in total. The molecule has 0 radical (unpaired) electrons. The van der Waals surface area contributed by atoms with Gasteiger partial charge in [0.1, 0.15) is 17.8 Å². The zero-order valence-electron chi connectivity index (χ0n) is 15.0. The molecule has 0 unspecified atom stereocenters. The normalized spacial score (nSPS) is 12.8. The number of fused-ring (bicyclic) bond motifs is 1. The highest BCUT2D eigenvalue weighted by Gasteiger charge is 2.33. The molecular formula is C17H13BrF3N5O3. The Morgan fingerprint density at radius 3 is 2.55 bits per heavy atom. The van der Waals surface area contributed by atoms with E-state index in [1.165, 1.54) is 24.0 Å². The van der Waals surface area contributed by atoms with Gasteiger partial charge in [-0.3, -0.25) is 19.5 Å². The van der Waals surface area contributed by atoms with Crippen molar-refractivity contribution < 1.29 is 18.1 Å². The number of hydrogen-bond acceptors (Lipinski definition) is 6. The van der Waals surface area contributed by atoms with Gasteiger partial charge in [-0.05, 0) is 40.5 Å². The summed E-state index contributed by atoms with van der Waals surface area (Å²) in [5.41, 5.74) is -1.72. The van der Waals surface area contributed by atoms with E-state index in [9.17, 15) is 28.1 Å². The Balaban J connectivity index is 2.07. The van der Waals surface area contributed by atoms with Crippen LogP contribution >= 0.6 is 15.9 Å². The van der Waals surface area contributed by atoms with Crippen LogP contribution in [0.3, 0.4) is 0 Å². The van der Waals surface area contributed by atoms with Crippen molar-refractivity contribution >= 4 is 38.5 Å². The number of benzene rings is 1. The van der Waals surface area contributed by atoms with Gasteiger partial charge in [-0.2, -0.15) is 13.2 Å². The van der Waals surface area contributed by atoms with Crippen molar-refractivity contribution in [3.05, 3.63) is 66.7 Å². The summed E-state index contributed by atoms with van der Waals surface area (Å²) in [5.74, 6) is 0.263. The molecule has 0 bridgehead atoms. The standard InChI is InChI=1S/C17H13BrF3N5O3/c1-8(9-3-10(17(19,20)21)5-11(4-9)26(28)29)24-14-12-6-13(18)16(27)25(2)15(12)23-7-22-14/h3-8H,1-2H3,(H,22,23,24)/t8-/m1/s1. The number of nitrogens with zero attached hydrogens (tertiary/aromatic N) is 4. The summed E-state index contributed by atoms with van der Waals surface area (Å²) in [7, 11) is 1.52. The van der Waals surface area contributed by atoms with Gasteiger partial charge < -0.3 is 5.32 Å². The largest absolute Gasteiger partial charge is 0.416 e. The summed E-state index contributed by atoms with van der Waals surface area (Å²) >= 11 is 3.15. The number of halogens is 4. The van der Waals surface area contributed by atoms with Gasteiger partial charge >= 0.3 is 6.18 Å². The molecular weight excluding hydrogens is 459 g/mol. The molecule has 0 saturated carbocycles. The molecule has 0 aliphatic heterocycles. The van der Waals surface area contributed by atoms with Crippen molar-refractivity contribution in [1.82, 2.24) is 14.5 Å². The maximum absolute atomic E-state index is 13.1. The molecule has 1 aromatic carbocycles. The molecule has 1 atom stereocenters. The molecule has 0 aliphatic rings. The fraction of sp³-hybridized carbons (Fsp3) is 0.235. The third-order valence-electron chi connectivity index (χ3n) is 4.29.